The Morgan fingerprint density at radius 2 is 2.60 bits per heavy atom. The lowest BCUT2D eigenvalue weighted by molar-refractivity contribution is 0.886. The molecule has 0 aliphatic carbocycles. The van der Waals surface area contributed by atoms with Crippen LogP contribution >= 0.6 is 11.8 Å². The third kappa shape index (κ3) is 0.659. The second kappa shape index (κ2) is 2.06. The Balaban J connectivity index is 2.57. The minimum atomic E-state index is 0.838. The first-order valence-electron chi connectivity index (χ1n) is 3.07. The van der Waals surface area contributed by atoms with Crippen molar-refractivity contribution in [1.29, 1.82) is 5.26 Å². The lowest BCUT2D eigenvalue weighted by atomic mass is 10.3. The number of rotatable bonds is 0. The summed E-state index contributed by atoms with van der Waals surface area (Å²) in [6, 6.07) is 4.06. The number of fused-ring (bicyclic) bond motifs is 1. The van der Waals surface area contributed by atoms with E-state index in [1.54, 1.807) is 0 Å². The van der Waals surface area contributed by atoms with E-state index in [0.29, 0.717) is 0 Å². The van der Waals surface area contributed by atoms with E-state index >= 15 is 0 Å². The minimum absolute atomic E-state index is 0.838. The summed E-state index contributed by atoms with van der Waals surface area (Å²) in [5.74, 6) is 2.01. The van der Waals surface area contributed by atoms with Gasteiger partial charge in [0.25, 0.3) is 0 Å². The van der Waals surface area contributed by atoms with E-state index < -0.39 is 0 Å². The van der Waals surface area contributed by atoms with Crippen molar-refractivity contribution in [2.75, 3.05) is 0 Å². The fourth-order valence-electron chi connectivity index (χ4n) is 1.13. The van der Waals surface area contributed by atoms with Gasteiger partial charge in [0.1, 0.15) is 6.07 Å². The number of hydrogen-bond acceptors (Lipinski definition) is 2. The number of nitrogens with zero attached hydrogens (tertiary/aromatic N) is 2. The van der Waals surface area contributed by atoms with Crippen LogP contribution in [0.25, 0.3) is 0 Å². The molecule has 0 fully saturated rings. The molecule has 0 unspecified atom stereocenters. The standard InChI is InChI=1S/C7H6N2S/c8-3-6-1-2-9-5-10-4-7(6)9/h1-2H,4-5H2. The number of aromatic nitrogens is 1. The molecule has 0 radical (unpaired) electrons. The lowest BCUT2D eigenvalue weighted by Gasteiger charge is -1.90. The molecule has 1 aromatic rings. The second-order valence-corrected chi connectivity index (χ2v) is 3.19. The molecule has 1 aromatic heterocycles. The molecule has 3 heteroatoms. The molecule has 0 saturated carbocycles. The highest BCUT2D eigenvalue weighted by Crippen LogP contribution is 2.26. The molecule has 0 atom stereocenters. The molecule has 2 rings (SSSR count). The van der Waals surface area contributed by atoms with E-state index in [-0.39, 0.29) is 0 Å². The van der Waals surface area contributed by atoms with Crippen LogP contribution in [0.1, 0.15) is 11.3 Å². The lowest BCUT2D eigenvalue weighted by Crippen LogP contribution is -1.88. The predicted molar refractivity (Wildman–Crippen MR) is 40.4 cm³/mol. The van der Waals surface area contributed by atoms with Gasteiger partial charge in [-0.3, -0.25) is 0 Å². The van der Waals surface area contributed by atoms with Crippen LogP contribution in [0.4, 0.5) is 0 Å². The van der Waals surface area contributed by atoms with Crippen molar-refractivity contribution in [2.45, 2.75) is 11.6 Å². The van der Waals surface area contributed by atoms with Gasteiger partial charge < -0.3 is 4.57 Å². The van der Waals surface area contributed by atoms with Gasteiger partial charge in [-0.2, -0.15) is 5.26 Å². The highest BCUT2D eigenvalue weighted by molar-refractivity contribution is 7.97. The second-order valence-electron chi connectivity index (χ2n) is 2.24. The topological polar surface area (TPSA) is 28.7 Å². The summed E-state index contributed by atoms with van der Waals surface area (Å²) in [4.78, 5) is 0. The number of hydrogen-bond donors (Lipinski definition) is 0. The molecule has 0 bridgehead atoms. The first-order valence-corrected chi connectivity index (χ1v) is 4.23. The predicted octanol–water partition coefficient (Wildman–Crippen LogP) is 1.56. The Morgan fingerprint density at radius 1 is 1.70 bits per heavy atom. The van der Waals surface area contributed by atoms with E-state index in [9.17, 15) is 0 Å². The van der Waals surface area contributed by atoms with Crippen LogP contribution in [0.3, 0.4) is 0 Å². The molecule has 2 heterocycles. The molecule has 0 spiro atoms. The molecule has 2 nitrogen and oxygen atoms in total. The van der Waals surface area contributed by atoms with Crippen molar-refractivity contribution in [1.82, 2.24) is 4.57 Å². The Morgan fingerprint density at radius 3 is 3.40 bits per heavy atom. The van der Waals surface area contributed by atoms with Crippen LogP contribution in [0.15, 0.2) is 12.3 Å². The average molecular weight is 150 g/mol. The van der Waals surface area contributed by atoms with Crippen LogP contribution in [0.2, 0.25) is 0 Å². The molecule has 10 heavy (non-hydrogen) atoms. The van der Waals surface area contributed by atoms with Crippen LogP contribution in [0.5, 0.6) is 0 Å². The zero-order chi connectivity index (χ0) is 6.97. The Kier molecular flexibility index (Phi) is 1.21. The van der Waals surface area contributed by atoms with Gasteiger partial charge in [-0.05, 0) is 6.07 Å². The summed E-state index contributed by atoms with van der Waals surface area (Å²) in [6.07, 6.45) is 1.98. The van der Waals surface area contributed by atoms with Gasteiger partial charge in [0.05, 0.1) is 11.4 Å². The normalized spacial score (nSPS) is 14.7. The Bertz CT molecular complexity index is 295. The first kappa shape index (κ1) is 5.87. The van der Waals surface area contributed by atoms with Crippen molar-refractivity contribution in [2.24, 2.45) is 0 Å². The maximum atomic E-state index is 8.62. The SMILES string of the molecule is N#Cc1ccn2c1CSC2. The zero-order valence-corrected chi connectivity index (χ0v) is 6.19. The van der Waals surface area contributed by atoms with Crippen molar-refractivity contribution < 1.29 is 0 Å². The summed E-state index contributed by atoms with van der Waals surface area (Å²) in [5, 5.41) is 8.62. The Hall–Kier alpha value is -0.880. The van der Waals surface area contributed by atoms with Crippen molar-refractivity contribution in [3.05, 3.63) is 23.5 Å². The third-order valence-electron chi connectivity index (χ3n) is 1.67. The van der Waals surface area contributed by atoms with Crippen LogP contribution in [-0.2, 0) is 11.6 Å². The molecule has 0 aromatic carbocycles. The maximum Gasteiger partial charge on any atom is 0.101 e. The quantitative estimate of drug-likeness (QED) is 0.561. The van der Waals surface area contributed by atoms with Crippen LogP contribution in [0, 0.1) is 11.3 Å². The smallest absolute Gasteiger partial charge is 0.101 e. The summed E-state index contributed by atoms with van der Waals surface area (Å²) in [5.41, 5.74) is 2.03. The molecule has 1 aliphatic heterocycles. The van der Waals surface area contributed by atoms with Gasteiger partial charge in [-0.25, -0.2) is 0 Å². The molecule has 50 valence electrons. The summed E-state index contributed by atoms with van der Waals surface area (Å²) in [6.45, 7) is 0. The van der Waals surface area contributed by atoms with Crippen molar-refractivity contribution >= 4 is 11.8 Å². The van der Waals surface area contributed by atoms with E-state index in [1.807, 2.05) is 24.0 Å². The molecular formula is C7H6N2S. The molecule has 1 aliphatic rings. The fourth-order valence-corrected chi connectivity index (χ4v) is 2.17. The minimum Gasteiger partial charge on any atom is -0.340 e. The van der Waals surface area contributed by atoms with Crippen molar-refractivity contribution in [3.8, 4) is 6.07 Å². The zero-order valence-electron chi connectivity index (χ0n) is 5.37. The Labute approximate surface area is 63.5 Å². The average Bonchev–Trinajstić information content (AvgIpc) is 2.44. The van der Waals surface area contributed by atoms with Gasteiger partial charge in [0.15, 0.2) is 0 Å². The summed E-state index contributed by atoms with van der Waals surface area (Å²) in [7, 11) is 0. The van der Waals surface area contributed by atoms with Gasteiger partial charge >= 0.3 is 0 Å². The van der Waals surface area contributed by atoms with E-state index in [4.69, 9.17) is 5.26 Å². The van der Waals surface area contributed by atoms with E-state index in [1.165, 1.54) is 5.69 Å². The van der Waals surface area contributed by atoms with Gasteiger partial charge in [-0.1, -0.05) is 0 Å². The highest BCUT2D eigenvalue weighted by Gasteiger charge is 2.13. The van der Waals surface area contributed by atoms with E-state index in [2.05, 4.69) is 10.6 Å². The highest BCUT2D eigenvalue weighted by atomic mass is 32.2. The molecular weight excluding hydrogens is 144 g/mol. The van der Waals surface area contributed by atoms with Crippen LogP contribution in [-0.4, -0.2) is 4.57 Å². The number of thioether (sulfide) groups is 1. The summed E-state index contributed by atoms with van der Waals surface area (Å²) < 4.78 is 2.13. The van der Waals surface area contributed by atoms with Gasteiger partial charge in [0, 0.05) is 17.6 Å². The van der Waals surface area contributed by atoms with Gasteiger partial charge in [0.2, 0.25) is 0 Å². The monoisotopic (exact) mass is 150 g/mol. The van der Waals surface area contributed by atoms with Crippen molar-refractivity contribution in [3.63, 3.8) is 0 Å². The first-order chi connectivity index (χ1) is 4.92. The molecule has 0 saturated heterocycles. The third-order valence-corrected chi connectivity index (χ3v) is 2.61. The summed E-state index contributed by atoms with van der Waals surface area (Å²) >= 11 is 1.85. The molecule has 0 amide bonds. The fraction of sp³-hybridized carbons (Fsp3) is 0.286. The van der Waals surface area contributed by atoms with Gasteiger partial charge in [-0.15, -0.1) is 11.8 Å². The largest absolute Gasteiger partial charge is 0.340 e. The maximum absolute atomic E-state index is 8.62. The molecule has 0 N–H and O–H groups in total. The van der Waals surface area contributed by atoms with E-state index in [0.717, 1.165) is 17.2 Å². The number of nitriles is 1. The van der Waals surface area contributed by atoms with Crippen LogP contribution < -0.4 is 0 Å².